The fourth-order valence-corrected chi connectivity index (χ4v) is 4.64. The number of rotatable bonds is 9. The molecule has 0 saturated heterocycles. The van der Waals surface area contributed by atoms with E-state index in [0.717, 1.165) is 22.9 Å². The van der Waals surface area contributed by atoms with Crippen molar-refractivity contribution in [2.75, 3.05) is 11.1 Å². The molecule has 2 aromatic carbocycles. The zero-order valence-electron chi connectivity index (χ0n) is 15.6. The van der Waals surface area contributed by atoms with Gasteiger partial charge in [-0.05, 0) is 43.5 Å². The molecule has 152 valence electrons. The number of nitrogens with one attached hydrogen (secondary N) is 1. The van der Waals surface area contributed by atoms with Gasteiger partial charge in [-0.15, -0.1) is 10.2 Å². The summed E-state index contributed by atoms with van der Waals surface area (Å²) in [5, 5.41) is 12.2. The van der Waals surface area contributed by atoms with Gasteiger partial charge in [-0.25, -0.2) is 0 Å². The zero-order valence-corrected chi connectivity index (χ0v) is 18.7. The van der Waals surface area contributed by atoms with Crippen LogP contribution in [0.1, 0.15) is 18.9 Å². The molecule has 1 heterocycles. The molecule has 5 nitrogen and oxygen atoms in total. The monoisotopic (exact) mass is 467 g/mol. The SMILES string of the molecule is CC(Oc1ccc(Cl)cc1Cl)C(=O)Nc1nnc(SCCCc2ccccc2)s1. The van der Waals surface area contributed by atoms with E-state index < -0.39 is 6.10 Å². The predicted molar refractivity (Wildman–Crippen MR) is 121 cm³/mol. The van der Waals surface area contributed by atoms with Crippen LogP contribution in [0.4, 0.5) is 5.13 Å². The van der Waals surface area contributed by atoms with Gasteiger partial charge in [0.15, 0.2) is 10.4 Å². The lowest BCUT2D eigenvalue weighted by Gasteiger charge is -2.14. The van der Waals surface area contributed by atoms with E-state index in [2.05, 4.69) is 27.6 Å². The molecular weight excluding hydrogens is 449 g/mol. The molecule has 1 amide bonds. The maximum absolute atomic E-state index is 12.3. The molecule has 0 bridgehead atoms. The summed E-state index contributed by atoms with van der Waals surface area (Å²) in [4.78, 5) is 12.3. The number of benzene rings is 2. The lowest BCUT2D eigenvalue weighted by Crippen LogP contribution is -2.30. The van der Waals surface area contributed by atoms with E-state index in [0.29, 0.717) is 20.9 Å². The van der Waals surface area contributed by atoms with Gasteiger partial charge >= 0.3 is 0 Å². The number of hydrogen-bond acceptors (Lipinski definition) is 6. The molecule has 0 saturated carbocycles. The Hall–Kier alpha value is -1.80. The number of carbonyl (C=O) groups excluding carboxylic acids is 1. The Morgan fingerprint density at radius 1 is 1.21 bits per heavy atom. The summed E-state index contributed by atoms with van der Waals surface area (Å²) in [7, 11) is 0. The van der Waals surface area contributed by atoms with E-state index >= 15 is 0 Å². The number of nitrogens with zero attached hydrogens (tertiary/aromatic N) is 2. The van der Waals surface area contributed by atoms with Crippen molar-refractivity contribution in [3.63, 3.8) is 0 Å². The maximum atomic E-state index is 12.3. The van der Waals surface area contributed by atoms with Gasteiger partial charge in [0.1, 0.15) is 5.75 Å². The fraction of sp³-hybridized carbons (Fsp3) is 0.250. The normalized spacial score (nSPS) is 11.8. The number of amides is 1. The van der Waals surface area contributed by atoms with E-state index in [-0.39, 0.29) is 5.91 Å². The summed E-state index contributed by atoms with van der Waals surface area (Å²) in [5.74, 6) is 1.00. The number of anilines is 1. The Balaban J connectivity index is 1.44. The number of aromatic nitrogens is 2. The number of aryl methyl sites for hydroxylation is 1. The second kappa shape index (κ2) is 10.8. The van der Waals surface area contributed by atoms with Gasteiger partial charge in [0, 0.05) is 10.8 Å². The third-order valence-electron chi connectivity index (χ3n) is 3.88. The average molecular weight is 468 g/mol. The molecule has 0 radical (unpaired) electrons. The first-order chi connectivity index (χ1) is 14.0. The first kappa shape index (κ1) is 21.9. The largest absolute Gasteiger partial charge is 0.479 e. The van der Waals surface area contributed by atoms with Gasteiger partial charge in [0.2, 0.25) is 5.13 Å². The zero-order chi connectivity index (χ0) is 20.6. The van der Waals surface area contributed by atoms with Crippen molar-refractivity contribution in [3.05, 3.63) is 64.1 Å². The van der Waals surface area contributed by atoms with Crippen molar-refractivity contribution in [1.29, 1.82) is 0 Å². The van der Waals surface area contributed by atoms with Crippen molar-refractivity contribution in [2.24, 2.45) is 0 Å². The van der Waals surface area contributed by atoms with Gasteiger partial charge in [-0.1, -0.05) is 76.6 Å². The lowest BCUT2D eigenvalue weighted by molar-refractivity contribution is -0.122. The molecule has 1 unspecified atom stereocenters. The van der Waals surface area contributed by atoms with Crippen molar-refractivity contribution in [2.45, 2.75) is 30.2 Å². The first-order valence-corrected chi connectivity index (χ1v) is 11.5. The van der Waals surface area contributed by atoms with Crippen LogP contribution in [-0.2, 0) is 11.2 Å². The molecule has 1 aromatic heterocycles. The summed E-state index contributed by atoms with van der Waals surface area (Å²) in [6.45, 7) is 1.64. The second-order valence-electron chi connectivity index (χ2n) is 6.13. The Bertz CT molecular complexity index is 954. The highest BCUT2D eigenvalue weighted by molar-refractivity contribution is 8.01. The Morgan fingerprint density at radius 2 is 2.00 bits per heavy atom. The number of thioether (sulfide) groups is 1. The van der Waals surface area contributed by atoms with Crippen molar-refractivity contribution in [3.8, 4) is 5.75 Å². The van der Waals surface area contributed by atoms with Gasteiger partial charge in [-0.3, -0.25) is 10.1 Å². The van der Waals surface area contributed by atoms with Crippen LogP contribution in [0, 0.1) is 0 Å². The highest BCUT2D eigenvalue weighted by atomic mass is 35.5. The van der Waals surface area contributed by atoms with Crippen molar-refractivity contribution < 1.29 is 9.53 Å². The molecule has 9 heteroatoms. The van der Waals surface area contributed by atoms with E-state index in [1.165, 1.54) is 16.9 Å². The van der Waals surface area contributed by atoms with Crippen LogP contribution >= 0.6 is 46.3 Å². The van der Waals surface area contributed by atoms with Crippen LogP contribution in [0.2, 0.25) is 10.0 Å². The number of halogens is 2. The lowest BCUT2D eigenvalue weighted by atomic mass is 10.1. The highest BCUT2D eigenvalue weighted by Crippen LogP contribution is 2.29. The van der Waals surface area contributed by atoms with Crippen LogP contribution in [0.5, 0.6) is 5.75 Å². The van der Waals surface area contributed by atoms with Crippen LogP contribution < -0.4 is 10.1 Å². The standard InChI is InChI=1S/C20H19Cl2N3O2S2/c1-13(27-17-10-9-15(21)12-16(17)22)18(26)23-19-24-25-20(29-19)28-11-5-8-14-6-3-2-4-7-14/h2-4,6-7,9-10,12-13H,5,8,11H2,1H3,(H,23,24,26). The second-order valence-corrected chi connectivity index (χ2v) is 9.30. The molecule has 3 rings (SSSR count). The minimum atomic E-state index is -0.750. The molecule has 0 fully saturated rings. The smallest absolute Gasteiger partial charge is 0.266 e. The average Bonchev–Trinajstić information content (AvgIpc) is 3.15. The minimum absolute atomic E-state index is 0.326. The molecule has 3 aromatic rings. The highest BCUT2D eigenvalue weighted by Gasteiger charge is 2.18. The third-order valence-corrected chi connectivity index (χ3v) is 6.47. The molecule has 1 atom stereocenters. The van der Waals surface area contributed by atoms with Gasteiger partial charge in [0.05, 0.1) is 5.02 Å². The third kappa shape index (κ3) is 6.89. The Morgan fingerprint density at radius 3 is 2.76 bits per heavy atom. The number of ether oxygens (including phenoxy) is 1. The van der Waals surface area contributed by atoms with Crippen LogP contribution in [0.25, 0.3) is 0 Å². The molecule has 0 spiro atoms. The van der Waals surface area contributed by atoms with E-state index in [1.807, 2.05) is 18.2 Å². The molecule has 29 heavy (non-hydrogen) atoms. The summed E-state index contributed by atoms with van der Waals surface area (Å²) in [6.07, 6.45) is 1.32. The van der Waals surface area contributed by atoms with Crippen LogP contribution in [0.3, 0.4) is 0 Å². The molecular formula is C20H19Cl2N3O2S2. The van der Waals surface area contributed by atoms with Gasteiger partial charge in [-0.2, -0.15) is 0 Å². The molecule has 0 aliphatic rings. The minimum Gasteiger partial charge on any atom is -0.479 e. The fourth-order valence-electron chi connectivity index (χ4n) is 2.42. The van der Waals surface area contributed by atoms with E-state index in [9.17, 15) is 4.79 Å². The van der Waals surface area contributed by atoms with Crippen LogP contribution in [-0.4, -0.2) is 28.0 Å². The number of carbonyl (C=O) groups is 1. The van der Waals surface area contributed by atoms with Crippen molar-refractivity contribution >= 4 is 57.3 Å². The van der Waals surface area contributed by atoms with Gasteiger partial charge in [0.25, 0.3) is 5.91 Å². The predicted octanol–water partition coefficient (Wildman–Crippen LogP) is 5.98. The maximum Gasteiger partial charge on any atom is 0.266 e. The summed E-state index contributed by atoms with van der Waals surface area (Å²) >= 11 is 14.9. The molecule has 1 N–H and O–H groups in total. The van der Waals surface area contributed by atoms with E-state index in [4.69, 9.17) is 27.9 Å². The topological polar surface area (TPSA) is 64.1 Å². The Labute approximate surface area is 187 Å². The number of hydrogen-bond donors (Lipinski definition) is 1. The Kier molecular flexibility index (Phi) is 8.18. The van der Waals surface area contributed by atoms with Gasteiger partial charge < -0.3 is 4.74 Å². The van der Waals surface area contributed by atoms with Crippen LogP contribution in [0.15, 0.2) is 52.9 Å². The van der Waals surface area contributed by atoms with E-state index in [1.54, 1.807) is 36.9 Å². The first-order valence-electron chi connectivity index (χ1n) is 8.94. The quantitative estimate of drug-likeness (QED) is 0.238. The summed E-state index contributed by atoms with van der Waals surface area (Å²) in [5.41, 5.74) is 1.33. The van der Waals surface area contributed by atoms with Crippen molar-refractivity contribution in [1.82, 2.24) is 10.2 Å². The summed E-state index contributed by atoms with van der Waals surface area (Å²) in [6, 6.07) is 15.2. The molecule has 0 aliphatic heterocycles. The molecule has 0 aliphatic carbocycles. The summed E-state index contributed by atoms with van der Waals surface area (Å²) < 4.78 is 6.43.